The fourth-order valence-corrected chi connectivity index (χ4v) is 1.97. The molecular formula is C13H26N4O2. The molecule has 6 nitrogen and oxygen atoms in total. The van der Waals surface area contributed by atoms with Gasteiger partial charge in [0.15, 0.2) is 0 Å². The van der Waals surface area contributed by atoms with E-state index in [9.17, 15) is 4.79 Å². The number of carbonyl (C=O) groups excluding carboxylic acids is 1. The standard InChI is InChI=1S/C13H26N4O2/c1-13(2,3)19-12(18)17-9-7-16(8-10-17)6-4-5-11(14)15/h4-10H2,1-3H3,(H3,14,15). The van der Waals surface area contributed by atoms with E-state index in [0.29, 0.717) is 19.5 Å². The summed E-state index contributed by atoms with van der Waals surface area (Å²) in [6.07, 6.45) is 1.32. The van der Waals surface area contributed by atoms with Crippen LogP contribution in [0.5, 0.6) is 0 Å². The molecule has 1 fully saturated rings. The molecule has 110 valence electrons. The van der Waals surface area contributed by atoms with Crippen LogP contribution in [-0.2, 0) is 4.74 Å². The number of hydrogen-bond acceptors (Lipinski definition) is 4. The Morgan fingerprint density at radius 2 is 1.84 bits per heavy atom. The van der Waals surface area contributed by atoms with E-state index < -0.39 is 5.60 Å². The van der Waals surface area contributed by atoms with Crippen LogP contribution in [0.1, 0.15) is 33.6 Å². The van der Waals surface area contributed by atoms with Gasteiger partial charge in [0.05, 0.1) is 5.84 Å². The van der Waals surface area contributed by atoms with Crippen LogP contribution in [0.15, 0.2) is 0 Å². The summed E-state index contributed by atoms with van der Waals surface area (Å²) in [5, 5.41) is 7.17. The third-order valence-electron chi connectivity index (χ3n) is 2.94. The van der Waals surface area contributed by atoms with Crippen molar-refractivity contribution in [2.45, 2.75) is 39.2 Å². The van der Waals surface area contributed by atoms with Crippen molar-refractivity contribution < 1.29 is 9.53 Å². The maximum atomic E-state index is 11.9. The van der Waals surface area contributed by atoms with E-state index in [1.165, 1.54) is 0 Å². The SMILES string of the molecule is CC(C)(C)OC(=O)N1CCN(CCCC(=N)N)CC1. The second kappa shape index (κ2) is 6.75. The van der Waals surface area contributed by atoms with Gasteiger partial charge in [0.25, 0.3) is 0 Å². The van der Waals surface area contributed by atoms with Gasteiger partial charge in [-0.3, -0.25) is 10.3 Å². The number of hydrogen-bond donors (Lipinski definition) is 2. The molecule has 1 aliphatic rings. The van der Waals surface area contributed by atoms with E-state index in [-0.39, 0.29) is 11.9 Å². The zero-order valence-corrected chi connectivity index (χ0v) is 12.2. The number of amidine groups is 1. The van der Waals surface area contributed by atoms with Crippen LogP contribution in [0.2, 0.25) is 0 Å². The van der Waals surface area contributed by atoms with Crippen molar-refractivity contribution in [2.75, 3.05) is 32.7 Å². The van der Waals surface area contributed by atoms with Crippen molar-refractivity contribution in [1.29, 1.82) is 5.41 Å². The summed E-state index contributed by atoms with van der Waals surface area (Å²) < 4.78 is 5.35. The van der Waals surface area contributed by atoms with Crippen LogP contribution in [0.25, 0.3) is 0 Å². The highest BCUT2D eigenvalue weighted by molar-refractivity contribution is 5.76. The molecule has 1 heterocycles. The molecule has 0 radical (unpaired) electrons. The number of amides is 1. The Kier molecular flexibility index (Phi) is 5.60. The zero-order chi connectivity index (χ0) is 14.5. The van der Waals surface area contributed by atoms with Gasteiger partial charge in [-0.15, -0.1) is 0 Å². The molecule has 0 aromatic carbocycles. The predicted molar refractivity (Wildman–Crippen MR) is 75.4 cm³/mol. The van der Waals surface area contributed by atoms with Gasteiger partial charge < -0.3 is 15.4 Å². The van der Waals surface area contributed by atoms with Gasteiger partial charge >= 0.3 is 6.09 Å². The maximum Gasteiger partial charge on any atom is 0.410 e. The molecule has 1 rings (SSSR count). The lowest BCUT2D eigenvalue weighted by Crippen LogP contribution is -2.50. The molecule has 0 aliphatic carbocycles. The van der Waals surface area contributed by atoms with E-state index in [1.807, 2.05) is 20.8 Å². The number of ether oxygens (including phenoxy) is 1. The van der Waals surface area contributed by atoms with Crippen LogP contribution in [-0.4, -0.2) is 60.1 Å². The summed E-state index contributed by atoms with van der Waals surface area (Å²) in [5.41, 5.74) is 4.89. The molecule has 1 amide bonds. The monoisotopic (exact) mass is 270 g/mol. The first-order valence-electron chi connectivity index (χ1n) is 6.81. The highest BCUT2D eigenvalue weighted by atomic mass is 16.6. The first-order valence-corrected chi connectivity index (χ1v) is 6.81. The summed E-state index contributed by atoms with van der Waals surface area (Å²) in [6.45, 7) is 9.69. The van der Waals surface area contributed by atoms with Crippen LogP contribution in [0.4, 0.5) is 4.79 Å². The fraction of sp³-hybridized carbons (Fsp3) is 0.846. The van der Waals surface area contributed by atoms with Crippen LogP contribution >= 0.6 is 0 Å². The van der Waals surface area contributed by atoms with Crippen LogP contribution in [0.3, 0.4) is 0 Å². The Morgan fingerprint density at radius 1 is 1.26 bits per heavy atom. The first kappa shape index (κ1) is 15.8. The molecule has 0 saturated carbocycles. The third kappa shape index (κ3) is 6.42. The Morgan fingerprint density at radius 3 is 2.32 bits per heavy atom. The highest BCUT2D eigenvalue weighted by Crippen LogP contribution is 2.12. The van der Waals surface area contributed by atoms with E-state index in [1.54, 1.807) is 4.90 Å². The molecule has 1 saturated heterocycles. The third-order valence-corrected chi connectivity index (χ3v) is 2.94. The van der Waals surface area contributed by atoms with Gasteiger partial charge in [-0.25, -0.2) is 4.79 Å². The van der Waals surface area contributed by atoms with E-state index in [0.717, 1.165) is 26.1 Å². The second-order valence-electron chi connectivity index (χ2n) is 5.94. The number of carbonyl (C=O) groups is 1. The van der Waals surface area contributed by atoms with E-state index in [2.05, 4.69) is 4.90 Å². The minimum atomic E-state index is -0.435. The quantitative estimate of drug-likeness (QED) is 0.595. The number of rotatable bonds is 4. The lowest BCUT2D eigenvalue weighted by atomic mass is 10.2. The second-order valence-corrected chi connectivity index (χ2v) is 5.94. The maximum absolute atomic E-state index is 11.9. The van der Waals surface area contributed by atoms with Crippen LogP contribution < -0.4 is 5.73 Å². The van der Waals surface area contributed by atoms with Gasteiger partial charge in [-0.05, 0) is 33.7 Å². The molecular weight excluding hydrogens is 244 g/mol. The first-order chi connectivity index (χ1) is 8.78. The molecule has 0 unspecified atom stereocenters. The van der Waals surface area contributed by atoms with E-state index in [4.69, 9.17) is 15.9 Å². The molecule has 3 N–H and O–H groups in total. The van der Waals surface area contributed by atoms with Crippen molar-refractivity contribution in [3.05, 3.63) is 0 Å². The average Bonchev–Trinajstić information content (AvgIpc) is 2.27. The lowest BCUT2D eigenvalue weighted by molar-refractivity contribution is 0.0145. The molecule has 19 heavy (non-hydrogen) atoms. The molecule has 0 atom stereocenters. The smallest absolute Gasteiger partial charge is 0.410 e. The number of nitrogens with zero attached hydrogens (tertiary/aromatic N) is 2. The molecule has 1 aliphatic heterocycles. The minimum Gasteiger partial charge on any atom is -0.444 e. The Bertz CT molecular complexity index is 317. The molecule has 0 spiro atoms. The van der Waals surface area contributed by atoms with Crippen molar-refractivity contribution >= 4 is 11.9 Å². The summed E-state index contributed by atoms with van der Waals surface area (Å²) in [7, 11) is 0. The largest absolute Gasteiger partial charge is 0.444 e. The van der Waals surface area contributed by atoms with E-state index >= 15 is 0 Å². The van der Waals surface area contributed by atoms with Gasteiger partial charge in [-0.1, -0.05) is 0 Å². The van der Waals surface area contributed by atoms with Gasteiger partial charge in [-0.2, -0.15) is 0 Å². The van der Waals surface area contributed by atoms with Gasteiger partial charge in [0, 0.05) is 32.6 Å². The fourth-order valence-electron chi connectivity index (χ4n) is 1.97. The number of nitrogens with one attached hydrogen (secondary N) is 1. The van der Waals surface area contributed by atoms with Crippen molar-refractivity contribution in [3.8, 4) is 0 Å². The Hall–Kier alpha value is -1.30. The van der Waals surface area contributed by atoms with Crippen molar-refractivity contribution in [3.63, 3.8) is 0 Å². The topological polar surface area (TPSA) is 82.7 Å². The van der Waals surface area contributed by atoms with Gasteiger partial charge in [0.1, 0.15) is 5.60 Å². The normalized spacial score (nSPS) is 17.3. The van der Waals surface area contributed by atoms with Crippen LogP contribution in [0, 0.1) is 5.41 Å². The average molecular weight is 270 g/mol. The lowest BCUT2D eigenvalue weighted by Gasteiger charge is -2.35. The number of nitrogens with two attached hydrogens (primary N) is 1. The summed E-state index contributed by atoms with van der Waals surface area (Å²) in [4.78, 5) is 15.9. The molecule has 0 aromatic rings. The zero-order valence-electron chi connectivity index (χ0n) is 12.2. The predicted octanol–water partition coefficient (Wildman–Crippen LogP) is 1.26. The Labute approximate surface area is 115 Å². The molecule has 0 bridgehead atoms. The summed E-state index contributed by atoms with van der Waals surface area (Å²) in [6, 6.07) is 0. The highest BCUT2D eigenvalue weighted by Gasteiger charge is 2.25. The van der Waals surface area contributed by atoms with Gasteiger partial charge in [0.2, 0.25) is 0 Å². The molecule has 0 aromatic heterocycles. The Balaban J connectivity index is 2.25. The van der Waals surface area contributed by atoms with Crippen molar-refractivity contribution in [2.24, 2.45) is 5.73 Å². The van der Waals surface area contributed by atoms with Crippen molar-refractivity contribution in [1.82, 2.24) is 9.80 Å². The molecule has 6 heteroatoms. The summed E-state index contributed by atoms with van der Waals surface area (Å²) in [5.74, 6) is 0.243. The summed E-state index contributed by atoms with van der Waals surface area (Å²) >= 11 is 0. The number of piperazine rings is 1. The minimum absolute atomic E-state index is 0.226.